The van der Waals surface area contributed by atoms with Crippen molar-refractivity contribution < 1.29 is 15.3 Å². The first-order chi connectivity index (χ1) is 25.6. The van der Waals surface area contributed by atoms with Crippen LogP contribution in [-0.2, 0) is 51.8 Å². The van der Waals surface area contributed by atoms with Gasteiger partial charge in [-0.2, -0.15) is 0 Å². The first-order valence-electron chi connectivity index (χ1n) is 21.3. The van der Waals surface area contributed by atoms with Gasteiger partial charge in [0.05, 0.1) is 0 Å². The van der Waals surface area contributed by atoms with E-state index in [0.717, 1.165) is 36.0 Å². The molecule has 0 amide bonds. The normalized spacial score (nSPS) is 13.4. The van der Waals surface area contributed by atoms with E-state index in [1.54, 1.807) is 0 Å². The van der Waals surface area contributed by atoms with Crippen LogP contribution < -0.4 is 0 Å². The molecule has 0 bridgehead atoms. The summed E-state index contributed by atoms with van der Waals surface area (Å²) >= 11 is 0. The fourth-order valence-corrected chi connectivity index (χ4v) is 9.95. The highest BCUT2D eigenvalue weighted by molar-refractivity contribution is 5.61. The Hall–Kier alpha value is -3.72. The Kier molecular flexibility index (Phi) is 12.2. The number of phenols is 3. The average molecular weight is 775 g/mol. The summed E-state index contributed by atoms with van der Waals surface area (Å²) in [6.07, 6.45) is 2.24. The molecule has 0 unspecified atom stereocenters. The van der Waals surface area contributed by atoms with Crippen molar-refractivity contribution in [3.05, 3.63) is 120 Å². The molecule has 3 N–H and O–H groups in total. The molecule has 0 heterocycles. The van der Waals surface area contributed by atoms with Crippen LogP contribution >= 0.6 is 0 Å². The molecule has 312 valence electrons. The van der Waals surface area contributed by atoms with Gasteiger partial charge in [-0.1, -0.05) is 143 Å². The maximum absolute atomic E-state index is 11.4. The van der Waals surface area contributed by atoms with Crippen LogP contribution in [-0.4, -0.2) is 15.3 Å². The van der Waals surface area contributed by atoms with Crippen LogP contribution in [0.5, 0.6) is 17.2 Å². The van der Waals surface area contributed by atoms with Crippen molar-refractivity contribution >= 4 is 0 Å². The van der Waals surface area contributed by atoms with E-state index >= 15 is 0 Å². The second-order valence-electron chi connectivity index (χ2n) is 23.3. The van der Waals surface area contributed by atoms with E-state index in [2.05, 4.69) is 164 Å². The highest BCUT2D eigenvalue weighted by Crippen LogP contribution is 2.47. The predicted octanol–water partition coefficient (Wildman–Crippen LogP) is 14.3. The minimum atomic E-state index is -0.240. The molecule has 0 saturated heterocycles. The van der Waals surface area contributed by atoms with Crippen LogP contribution in [0.2, 0.25) is 0 Å². The molecule has 4 aromatic rings. The van der Waals surface area contributed by atoms with E-state index in [0.29, 0.717) is 17.2 Å². The van der Waals surface area contributed by atoms with Gasteiger partial charge in [0.25, 0.3) is 0 Å². The van der Waals surface area contributed by atoms with Crippen molar-refractivity contribution in [1.82, 2.24) is 0 Å². The number of phenolic OH excluding ortho intramolecular Hbond substituents is 3. The Morgan fingerprint density at radius 1 is 0.298 bits per heavy atom. The van der Waals surface area contributed by atoms with Gasteiger partial charge >= 0.3 is 0 Å². The third-order valence-electron chi connectivity index (χ3n) is 12.1. The molecule has 0 aliphatic carbocycles. The van der Waals surface area contributed by atoms with Crippen LogP contribution in [0.4, 0.5) is 0 Å². The second kappa shape index (κ2) is 15.1. The molecular formula is C54H78O3. The van der Waals surface area contributed by atoms with Crippen LogP contribution in [0.1, 0.15) is 208 Å². The molecule has 0 aromatic heterocycles. The number of rotatable bonds is 6. The van der Waals surface area contributed by atoms with E-state index in [1.807, 2.05) is 18.2 Å². The first-order valence-corrected chi connectivity index (χ1v) is 21.3. The van der Waals surface area contributed by atoms with Crippen LogP contribution in [0.25, 0.3) is 0 Å². The van der Waals surface area contributed by atoms with Crippen molar-refractivity contribution in [2.45, 2.75) is 197 Å². The van der Waals surface area contributed by atoms with Gasteiger partial charge in [0.15, 0.2) is 0 Å². The number of aromatic hydroxyl groups is 3. The zero-order chi connectivity index (χ0) is 43.8. The molecule has 0 aliphatic heterocycles. The Morgan fingerprint density at radius 3 is 0.632 bits per heavy atom. The smallest absolute Gasteiger partial charge is 0.119 e. The second-order valence-corrected chi connectivity index (χ2v) is 23.3. The number of hydrogen-bond donors (Lipinski definition) is 3. The molecule has 0 fully saturated rings. The molecule has 0 aliphatic rings. The molecule has 3 heteroatoms. The molecular weight excluding hydrogens is 697 g/mol. The minimum absolute atomic E-state index is 0.192. The lowest BCUT2D eigenvalue weighted by atomic mass is 9.70. The van der Waals surface area contributed by atoms with E-state index < -0.39 is 0 Å². The predicted molar refractivity (Wildman–Crippen MR) is 246 cm³/mol. The maximum atomic E-state index is 11.4. The average Bonchev–Trinajstić information content (AvgIpc) is 3.01. The van der Waals surface area contributed by atoms with Gasteiger partial charge < -0.3 is 15.3 Å². The zero-order valence-corrected chi connectivity index (χ0v) is 39.9. The van der Waals surface area contributed by atoms with Gasteiger partial charge in [-0.15, -0.1) is 0 Å². The van der Waals surface area contributed by atoms with Crippen molar-refractivity contribution in [1.29, 1.82) is 0 Å². The summed E-state index contributed by atoms with van der Waals surface area (Å²) in [5.74, 6) is 1.09. The summed E-state index contributed by atoms with van der Waals surface area (Å²) in [7, 11) is 0. The third kappa shape index (κ3) is 9.29. The Balaban J connectivity index is 2.17. The zero-order valence-electron chi connectivity index (χ0n) is 39.9. The molecule has 0 atom stereocenters. The lowest BCUT2D eigenvalue weighted by molar-refractivity contribution is 0.433. The lowest BCUT2D eigenvalue weighted by Crippen LogP contribution is -2.25. The van der Waals surface area contributed by atoms with Gasteiger partial charge in [-0.25, -0.2) is 0 Å². The molecule has 57 heavy (non-hydrogen) atoms. The summed E-state index contributed by atoms with van der Waals surface area (Å²) in [5, 5.41) is 34.2. The summed E-state index contributed by atoms with van der Waals surface area (Å²) in [6, 6.07) is 12.2. The summed E-state index contributed by atoms with van der Waals surface area (Å²) < 4.78 is 0. The van der Waals surface area contributed by atoms with E-state index in [-0.39, 0.29) is 32.5 Å². The first kappa shape index (κ1) is 46.0. The molecule has 0 spiro atoms. The Bertz CT molecular complexity index is 1880. The van der Waals surface area contributed by atoms with Gasteiger partial charge in [-0.05, 0) is 157 Å². The minimum Gasteiger partial charge on any atom is -0.508 e. The fourth-order valence-electron chi connectivity index (χ4n) is 9.95. The third-order valence-corrected chi connectivity index (χ3v) is 12.1. The topological polar surface area (TPSA) is 60.7 Å². The summed E-state index contributed by atoms with van der Waals surface area (Å²) in [5.41, 5.74) is 17.1. The molecule has 4 rings (SSSR count). The SMILES string of the molecule is Cc1c(Cc2ccc(O)c(C(C)(C)C)c2C(C)(C)C)c(C)c(Cc2ccc(O)c(C(C)(C)C)c2C(C)(C)C)c(C)c1Cc1ccc(O)c(C(C)(C)C)c1C(C)(C)C. The molecule has 0 radical (unpaired) electrons. The quantitative estimate of drug-likeness (QED) is 0.183. The monoisotopic (exact) mass is 775 g/mol. The van der Waals surface area contributed by atoms with E-state index in [4.69, 9.17) is 0 Å². The van der Waals surface area contributed by atoms with E-state index in [9.17, 15) is 15.3 Å². The lowest BCUT2D eigenvalue weighted by Gasteiger charge is -2.35. The standard InChI is InChI=1S/C54H78O3/c1-31-37(28-34-22-25-40(55)46(52(13,14)15)43(34)49(4,5)6)32(2)39(30-36-24-27-42(57)48(54(19,20)21)45(36)51(10,11)12)33(3)38(31)29-35-23-26-41(56)47(53(16,17)18)44(35)50(7,8)9/h22-27,55-57H,28-30H2,1-21H3. The largest absolute Gasteiger partial charge is 0.508 e. The van der Waals surface area contributed by atoms with Gasteiger partial charge in [0.2, 0.25) is 0 Å². The number of benzene rings is 4. The summed E-state index contributed by atoms with van der Waals surface area (Å²) in [6.45, 7) is 47.2. The fraction of sp³-hybridized carbons (Fsp3) is 0.556. The van der Waals surface area contributed by atoms with Crippen LogP contribution in [0.15, 0.2) is 36.4 Å². The summed E-state index contributed by atoms with van der Waals surface area (Å²) in [4.78, 5) is 0. The van der Waals surface area contributed by atoms with Crippen molar-refractivity contribution in [2.75, 3.05) is 0 Å². The van der Waals surface area contributed by atoms with Crippen molar-refractivity contribution in [3.63, 3.8) is 0 Å². The highest BCUT2D eigenvalue weighted by Gasteiger charge is 2.35. The molecule has 0 saturated carbocycles. The van der Waals surface area contributed by atoms with Gasteiger partial charge in [0.1, 0.15) is 17.2 Å². The van der Waals surface area contributed by atoms with Crippen LogP contribution in [0, 0.1) is 20.8 Å². The van der Waals surface area contributed by atoms with Gasteiger partial charge in [-0.3, -0.25) is 0 Å². The van der Waals surface area contributed by atoms with Crippen molar-refractivity contribution in [3.8, 4) is 17.2 Å². The molecule has 3 nitrogen and oxygen atoms in total. The van der Waals surface area contributed by atoms with Crippen LogP contribution in [0.3, 0.4) is 0 Å². The number of hydrogen-bond acceptors (Lipinski definition) is 3. The van der Waals surface area contributed by atoms with Gasteiger partial charge in [0, 0.05) is 16.7 Å². The Morgan fingerprint density at radius 2 is 0.474 bits per heavy atom. The molecule has 4 aromatic carbocycles. The highest BCUT2D eigenvalue weighted by atomic mass is 16.3. The Labute approximate surface area is 348 Å². The van der Waals surface area contributed by atoms with E-state index in [1.165, 1.54) is 66.8 Å². The van der Waals surface area contributed by atoms with Crippen molar-refractivity contribution in [2.24, 2.45) is 0 Å². The maximum Gasteiger partial charge on any atom is 0.119 e.